The Hall–Kier alpha value is -0.430. The summed E-state index contributed by atoms with van der Waals surface area (Å²) < 4.78 is 22.9. The first kappa shape index (κ1) is 16.9. The molecular weight excluding hydrogens is 306 g/mol. The number of sulfone groups is 1. The van der Waals surface area contributed by atoms with Crippen molar-refractivity contribution in [2.45, 2.75) is 43.4 Å². The first-order valence-corrected chi connectivity index (χ1v) is 10.8. The van der Waals surface area contributed by atoms with Crippen molar-refractivity contribution in [2.75, 3.05) is 31.4 Å². The Morgan fingerprint density at radius 2 is 2.14 bits per heavy atom. The highest BCUT2D eigenvalue weighted by atomic mass is 32.2. The van der Waals surface area contributed by atoms with E-state index in [0.717, 1.165) is 17.6 Å². The Bertz CT molecular complexity index is 465. The normalized spacial score (nSPS) is 32.9. The number of thioether (sulfide) groups is 1. The summed E-state index contributed by atoms with van der Waals surface area (Å²) in [7, 11) is -1.02. The molecule has 1 heterocycles. The van der Waals surface area contributed by atoms with E-state index in [2.05, 4.69) is 21.9 Å². The molecule has 0 spiro atoms. The molecule has 0 aromatic heterocycles. The maximum atomic E-state index is 11.5. The van der Waals surface area contributed by atoms with Gasteiger partial charge in [0, 0.05) is 24.9 Å². The Labute approximate surface area is 132 Å². The summed E-state index contributed by atoms with van der Waals surface area (Å²) in [6.45, 7) is 0.692. The van der Waals surface area contributed by atoms with Crippen LogP contribution in [0.5, 0.6) is 0 Å². The largest absolute Gasteiger partial charge is 0.356 e. The molecule has 0 bridgehead atoms. The van der Waals surface area contributed by atoms with Crippen LogP contribution >= 0.6 is 11.8 Å². The SMILES string of the molecule is CN=C(NCC1CCS(=O)(=O)C1)NC1CCCC(SC)C1. The van der Waals surface area contributed by atoms with Crippen molar-refractivity contribution < 1.29 is 8.42 Å². The van der Waals surface area contributed by atoms with Crippen LogP contribution in [0.25, 0.3) is 0 Å². The van der Waals surface area contributed by atoms with Gasteiger partial charge in [-0.3, -0.25) is 4.99 Å². The summed E-state index contributed by atoms with van der Waals surface area (Å²) in [5, 5.41) is 7.53. The van der Waals surface area contributed by atoms with Gasteiger partial charge in [0.2, 0.25) is 0 Å². The fraction of sp³-hybridized carbons (Fsp3) is 0.929. The topological polar surface area (TPSA) is 70.6 Å². The molecule has 0 aromatic carbocycles. The number of rotatable bonds is 4. The lowest BCUT2D eigenvalue weighted by atomic mass is 9.95. The smallest absolute Gasteiger partial charge is 0.191 e. The summed E-state index contributed by atoms with van der Waals surface area (Å²) >= 11 is 1.95. The minimum absolute atomic E-state index is 0.221. The molecule has 1 saturated heterocycles. The van der Waals surface area contributed by atoms with Gasteiger partial charge >= 0.3 is 0 Å². The highest BCUT2D eigenvalue weighted by molar-refractivity contribution is 7.99. The van der Waals surface area contributed by atoms with Crippen LogP contribution in [0.3, 0.4) is 0 Å². The predicted molar refractivity (Wildman–Crippen MR) is 90.8 cm³/mol. The summed E-state index contributed by atoms with van der Waals surface area (Å²) in [4.78, 5) is 4.27. The van der Waals surface area contributed by atoms with Gasteiger partial charge in [-0.15, -0.1) is 0 Å². The monoisotopic (exact) mass is 333 g/mol. The van der Waals surface area contributed by atoms with Crippen LogP contribution in [-0.4, -0.2) is 57.0 Å². The Balaban J connectivity index is 1.76. The van der Waals surface area contributed by atoms with E-state index in [1.165, 1.54) is 25.7 Å². The number of nitrogens with one attached hydrogen (secondary N) is 2. The second-order valence-corrected chi connectivity index (χ2v) is 9.45. The zero-order chi connectivity index (χ0) is 15.3. The molecule has 2 fully saturated rings. The number of guanidine groups is 1. The van der Waals surface area contributed by atoms with Gasteiger partial charge in [-0.2, -0.15) is 11.8 Å². The molecule has 21 heavy (non-hydrogen) atoms. The summed E-state index contributed by atoms with van der Waals surface area (Å²) in [6, 6.07) is 0.481. The predicted octanol–water partition coefficient (Wildman–Crippen LogP) is 1.26. The molecule has 2 N–H and O–H groups in total. The summed E-state index contributed by atoms with van der Waals surface area (Å²) in [5.74, 6) is 1.68. The molecule has 2 rings (SSSR count). The third-order valence-electron chi connectivity index (χ3n) is 4.41. The van der Waals surface area contributed by atoms with Crippen molar-refractivity contribution in [3.8, 4) is 0 Å². The molecule has 1 aliphatic carbocycles. The third-order valence-corrected chi connectivity index (χ3v) is 7.34. The highest BCUT2D eigenvalue weighted by Gasteiger charge is 2.28. The van der Waals surface area contributed by atoms with Gasteiger partial charge in [0.1, 0.15) is 0 Å². The van der Waals surface area contributed by atoms with Crippen LogP contribution in [0.15, 0.2) is 4.99 Å². The zero-order valence-electron chi connectivity index (χ0n) is 13.0. The molecule has 0 radical (unpaired) electrons. The van der Waals surface area contributed by atoms with E-state index in [1.54, 1.807) is 7.05 Å². The van der Waals surface area contributed by atoms with Gasteiger partial charge in [-0.1, -0.05) is 6.42 Å². The van der Waals surface area contributed by atoms with Crippen LogP contribution in [-0.2, 0) is 9.84 Å². The Morgan fingerprint density at radius 3 is 2.76 bits per heavy atom. The second-order valence-electron chi connectivity index (χ2n) is 6.09. The lowest BCUT2D eigenvalue weighted by Crippen LogP contribution is -2.46. The molecule has 0 amide bonds. The van der Waals surface area contributed by atoms with Crippen LogP contribution in [0.1, 0.15) is 32.1 Å². The molecule has 1 aliphatic heterocycles. The van der Waals surface area contributed by atoms with Crippen molar-refractivity contribution >= 4 is 27.6 Å². The zero-order valence-corrected chi connectivity index (χ0v) is 14.6. The van der Waals surface area contributed by atoms with Gasteiger partial charge < -0.3 is 10.6 Å². The van der Waals surface area contributed by atoms with Crippen molar-refractivity contribution in [2.24, 2.45) is 10.9 Å². The average Bonchev–Trinajstić information content (AvgIpc) is 2.83. The molecule has 122 valence electrons. The van der Waals surface area contributed by atoms with E-state index in [9.17, 15) is 8.42 Å². The van der Waals surface area contributed by atoms with E-state index in [-0.39, 0.29) is 5.92 Å². The van der Waals surface area contributed by atoms with Crippen molar-refractivity contribution in [3.63, 3.8) is 0 Å². The average molecular weight is 334 g/mol. The minimum atomic E-state index is -2.79. The Kier molecular flexibility index (Phi) is 6.22. The second kappa shape index (κ2) is 7.72. The fourth-order valence-electron chi connectivity index (χ4n) is 3.15. The lowest BCUT2D eigenvalue weighted by molar-refractivity contribution is 0.417. The molecule has 3 atom stereocenters. The first-order valence-electron chi connectivity index (χ1n) is 7.73. The molecule has 5 nitrogen and oxygen atoms in total. The quantitative estimate of drug-likeness (QED) is 0.599. The van der Waals surface area contributed by atoms with Crippen LogP contribution in [0, 0.1) is 5.92 Å². The van der Waals surface area contributed by atoms with Gasteiger partial charge in [-0.25, -0.2) is 8.42 Å². The van der Waals surface area contributed by atoms with Crippen molar-refractivity contribution in [1.82, 2.24) is 10.6 Å². The van der Waals surface area contributed by atoms with Crippen LogP contribution < -0.4 is 10.6 Å². The number of nitrogens with zero attached hydrogens (tertiary/aromatic N) is 1. The molecular formula is C14H27N3O2S2. The van der Waals surface area contributed by atoms with Gasteiger partial charge in [-0.05, 0) is 37.9 Å². The number of hydrogen-bond donors (Lipinski definition) is 2. The van der Waals surface area contributed by atoms with E-state index in [0.29, 0.717) is 24.1 Å². The van der Waals surface area contributed by atoms with E-state index >= 15 is 0 Å². The van der Waals surface area contributed by atoms with E-state index < -0.39 is 9.84 Å². The maximum Gasteiger partial charge on any atom is 0.191 e. The summed E-state index contributed by atoms with van der Waals surface area (Å²) in [6.07, 6.45) is 7.90. The maximum absolute atomic E-state index is 11.5. The van der Waals surface area contributed by atoms with Crippen LogP contribution in [0.4, 0.5) is 0 Å². The molecule has 1 saturated carbocycles. The first-order chi connectivity index (χ1) is 10.0. The number of hydrogen-bond acceptors (Lipinski definition) is 4. The van der Waals surface area contributed by atoms with Gasteiger partial charge in [0.25, 0.3) is 0 Å². The molecule has 7 heteroatoms. The molecule has 2 aliphatic rings. The lowest BCUT2D eigenvalue weighted by Gasteiger charge is -2.30. The number of aliphatic imine (C=N–C) groups is 1. The molecule has 3 unspecified atom stereocenters. The third kappa shape index (κ3) is 5.36. The summed E-state index contributed by atoms with van der Waals surface area (Å²) in [5.41, 5.74) is 0. The molecule has 0 aromatic rings. The standard InChI is InChI=1S/C14H27N3O2S2/c1-15-14(16-9-11-6-7-21(18,19)10-11)17-12-4-3-5-13(8-12)20-2/h11-13H,3-10H2,1-2H3,(H2,15,16,17). The minimum Gasteiger partial charge on any atom is -0.356 e. The van der Waals surface area contributed by atoms with E-state index in [4.69, 9.17) is 0 Å². The van der Waals surface area contributed by atoms with Crippen LogP contribution in [0.2, 0.25) is 0 Å². The highest BCUT2D eigenvalue weighted by Crippen LogP contribution is 2.26. The Morgan fingerprint density at radius 1 is 1.33 bits per heavy atom. The fourth-order valence-corrected chi connectivity index (χ4v) is 5.84. The van der Waals surface area contributed by atoms with Gasteiger partial charge in [0.05, 0.1) is 11.5 Å². The van der Waals surface area contributed by atoms with Crippen molar-refractivity contribution in [1.29, 1.82) is 0 Å². The van der Waals surface area contributed by atoms with E-state index in [1.807, 2.05) is 11.8 Å². The van der Waals surface area contributed by atoms with Crippen molar-refractivity contribution in [3.05, 3.63) is 0 Å². The van der Waals surface area contributed by atoms with Gasteiger partial charge in [0.15, 0.2) is 15.8 Å².